The third-order valence-corrected chi connectivity index (χ3v) is 3.61. The Balaban J connectivity index is 3.03. The van der Waals surface area contributed by atoms with Crippen LogP contribution in [0.3, 0.4) is 0 Å². The molecule has 0 aromatic heterocycles. The predicted octanol–water partition coefficient (Wildman–Crippen LogP) is 2.66. The van der Waals surface area contributed by atoms with Crippen LogP contribution in [0.15, 0.2) is 12.2 Å². The minimum atomic E-state index is -0.0683. The number of rotatable bonds is 6. The molecule has 3 nitrogen and oxygen atoms in total. The van der Waals surface area contributed by atoms with Gasteiger partial charge < -0.3 is 14.2 Å². The van der Waals surface area contributed by atoms with E-state index in [-0.39, 0.29) is 17.6 Å². The maximum atomic E-state index is 5.68. The largest absolute Gasteiger partial charge is 0.384 e. The maximum Gasteiger partial charge on any atom is 0.0855 e. The van der Waals surface area contributed by atoms with E-state index in [0.717, 1.165) is 12.8 Å². The molecule has 0 radical (unpaired) electrons. The highest BCUT2D eigenvalue weighted by molar-refractivity contribution is 5.11. The minimum Gasteiger partial charge on any atom is -0.384 e. The van der Waals surface area contributed by atoms with Gasteiger partial charge in [0.15, 0.2) is 0 Å². The first-order valence-electron chi connectivity index (χ1n) is 6.32. The zero-order valence-electron chi connectivity index (χ0n) is 11.7. The van der Waals surface area contributed by atoms with Crippen LogP contribution in [-0.2, 0) is 14.2 Å². The molecule has 0 N–H and O–H groups in total. The SMILES string of the molecule is COCC1(CC(C)C)C(OC)C=CCC1OC. The van der Waals surface area contributed by atoms with Crippen molar-refractivity contribution in [1.29, 1.82) is 0 Å². The minimum absolute atomic E-state index is 0.0683. The molecule has 0 fully saturated rings. The molecule has 1 aliphatic rings. The number of hydrogen-bond acceptors (Lipinski definition) is 3. The fourth-order valence-corrected chi connectivity index (χ4v) is 3.09. The normalized spacial score (nSPS) is 33.3. The molecular weight excluding hydrogens is 216 g/mol. The van der Waals surface area contributed by atoms with Crippen LogP contribution >= 0.6 is 0 Å². The summed E-state index contributed by atoms with van der Waals surface area (Å²) in [5.74, 6) is 0.590. The van der Waals surface area contributed by atoms with Crippen LogP contribution in [0.5, 0.6) is 0 Å². The van der Waals surface area contributed by atoms with Gasteiger partial charge in [0, 0.05) is 21.3 Å². The van der Waals surface area contributed by atoms with Gasteiger partial charge in [0.1, 0.15) is 0 Å². The van der Waals surface area contributed by atoms with Crippen LogP contribution in [0, 0.1) is 11.3 Å². The molecule has 0 aliphatic heterocycles. The van der Waals surface area contributed by atoms with Crippen LogP contribution in [0.4, 0.5) is 0 Å². The molecular formula is C14H26O3. The molecule has 3 unspecified atom stereocenters. The van der Waals surface area contributed by atoms with Gasteiger partial charge in [-0.1, -0.05) is 26.0 Å². The van der Waals surface area contributed by atoms with Crippen molar-refractivity contribution in [3.63, 3.8) is 0 Å². The Morgan fingerprint density at radius 3 is 2.41 bits per heavy atom. The summed E-state index contributed by atoms with van der Waals surface area (Å²) in [5.41, 5.74) is -0.0683. The molecule has 17 heavy (non-hydrogen) atoms. The van der Waals surface area contributed by atoms with Crippen LogP contribution in [0.25, 0.3) is 0 Å². The Labute approximate surface area is 105 Å². The first-order chi connectivity index (χ1) is 8.10. The van der Waals surface area contributed by atoms with Gasteiger partial charge in [0.2, 0.25) is 0 Å². The lowest BCUT2D eigenvalue weighted by Crippen LogP contribution is -2.52. The average molecular weight is 242 g/mol. The summed E-state index contributed by atoms with van der Waals surface area (Å²) in [6.45, 7) is 5.14. The first kappa shape index (κ1) is 14.7. The molecule has 0 saturated carbocycles. The van der Waals surface area contributed by atoms with Crippen molar-refractivity contribution in [2.24, 2.45) is 11.3 Å². The topological polar surface area (TPSA) is 27.7 Å². The summed E-state index contributed by atoms with van der Waals surface area (Å²) in [6, 6.07) is 0. The molecule has 0 aromatic rings. The van der Waals surface area contributed by atoms with E-state index in [0.29, 0.717) is 12.5 Å². The predicted molar refractivity (Wildman–Crippen MR) is 69.1 cm³/mol. The molecule has 1 rings (SSSR count). The number of hydrogen-bond donors (Lipinski definition) is 0. The van der Waals surface area contributed by atoms with Gasteiger partial charge in [-0.15, -0.1) is 0 Å². The third kappa shape index (κ3) is 3.09. The fraction of sp³-hybridized carbons (Fsp3) is 0.857. The standard InChI is InChI=1S/C14H26O3/c1-11(2)9-14(10-15-3)12(16-4)7-6-8-13(14)17-5/h6-7,11-13H,8-10H2,1-5H3. The molecule has 3 heteroatoms. The van der Waals surface area contributed by atoms with E-state index in [1.165, 1.54) is 0 Å². The molecule has 100 valence electrons. The van der Waals surface area contributed by atoms with Gasteiger partial charge in [-0.25, -0.2) is 0 Å². The number of ether oxygens (including phenoxy) is 3. The van der Waals surface area contributed by atoms with Gasteiger partial charge in [-0.3, -0.25) is 0 Å². The molecule has 1 aliphatic carbocycles. The lowest BCUT2D eigenvalue weighted by atomic mass is 9.68. The van der Waals surface area contributed by atoms with Gasteiger partial charge in [0.25, 0.3) is 0 Å². The third-order valence-electron chi connectivity index (χ3n) is 3.61. The average Bonchev–Trinajstić information content (AvgIpc) is 2.28. The van der Waals surface area contributed by atoms with Gasteiger partial charge in [0.05, 0.1) is 24.2 Å². The quantitative estimate of drug-likeness (QED) is 0.670. The van der Waals surface area contributed by atoms with Crippen molar-refractivity contribution in [2.45, 2.75) is 38.9 Å². The molecule has 0 saturated heterocycles. The van der Waals surface area contributed by atoms with Gasteiger partial charge in [-0.2, -0.15) is 0 Å². The number of methoxy groups -OCH3 is 3. The zero-order chi connectivity index (χ0) is 12.9. The molecule has 0 spiro atoms. The van der Waals surface area contributed by atoms with Crippen molar-refractivity contribution >= 4 is 0 Å². The highest BCUT2D eigenvalue weighted by Crippen LogP contribution is 2.42. The monoisotopic (exact) mass is 242 g/mol. The Morgan fingerprint density at radius 2 is 1.94 bits per heavy atom. The maximum absolute atomic E-state index is 5.68. The lowest BCUT2D eigenvalue weighted by molar-refractivity contribution is -0.130. The van der Waals surface area contributed by atoms with Crippen LogP contribution in [0.1, 0.15) is 26.7 Å². The molecule has 3 atom stereocenters. The fourth-order valence-electron chi connectivity index (χ4n) is 3.09. The van der Waals surface area contributed by atoms with Crippen molar-refractivity contribution < 1.29 is 14.2 Å². The van der Waals surface area contributed by atoms with Gasteiger partial charge in [-0.05, 0) is 18.8 Å². The van der Waals surface area contributed by atoms with Crippen molar-refractivity contribution in [3.05, 3.63) is 12.2 Å². The van der Waals surface area contributed by atoms with Crippen LogP contribution < -0.4 is 0 Å². The van der Waals surface area contributed by atoms with E-state index in [1.807, 2.05) is 0 Å². The van der Waals surface area contributed by atoms with E-state index >= 15 is 0 Å². The second kappa shape index (κ2) is 6.53. The summed E-state index contributed by atoms with van der Waals surface area (Å²) < 4.78 is 16.8. The second-order valence-corrected chi connectivity index (χ2v) is 5.31. The van der Waals surface area contributed by atoms with Crippen molar-refractivity contribution in [1.82, 2.24) is 0 Å². The smallest absolute Gasteiger partial charge is 0.0855 e. The van der Waals surface area contributed by atoms with E-state index in [2.05, 4.69) is 26.0 Å². The Hall–Kier alpha value is -0.380. The summed E-state index contributed by atoms with van der Waals surface area (Å²) in [5, 5.41) is 0. The Kier molecular flexibility index (Phi) is 5.63. The van der Waals surface area contributed by atoms with E-state index in [9.17, 15) is 0 Å². The van der Waals surface area contributed by atoms with Gasteiger partial charge >= 0.3 is 0 Å². The van der Waals surface area contributed by atoms with E-state index in [1.54, 1.807) is 21.3 Å². The van der Waals surface area contributed by atoms with Crippen molar-refractivity contribution in [3.8, 4) is 0 Å². The summed E-state index contributed by atoms with van der Waals surface area (Å²) in [7, 11) is 5.29. The zero-order valence-corrected chi connectivity index (χ0v) is 11.7. The molecule has 0 bridgehead atoms. The highest BCUT2D eigenvalue weighted by Gasteiger charge is 2.47. The second-order valence-electron chi connectivity index (χ2n) is 5.31. The Morgan fingerprint density at radius 1 is 1.24 bits per heavy atom. The summed E-state index contributed by atoms with van der Waals surface area (Å²) >= 11 is 0. The van der Waals surface area contributed by atoms with Crippen LogP contribution in [-0.4, -0.2) is 40.1 Å². The van der Waals surface area contributed by atoms with Crippen molar-refractivity contribution in [2.75, 3.05) is 27.9 Å². The molecule has 0 amide bonds. The highest BCUT2D eigenvalue weighted by atomic mass is 16.5. The van der Waals surface area contributed by atoms with Crippen LogP contribution in [0.2, 0.25) is 0 Å². The van der Waals surface area contributed by atoms with E-state index < -0.39 is 0 Å². The van der Waals surface area contributed by atoms with E-state index in [4.69, 9.17) is 14.2 Å². The molecule has 0 heterocycles. The lowest BCUT2D eigenvalue weighted by Gasteiger charge is -2.46. The molecule has 0 aromatic carbocycles. The summed E-state index contributed by atoms with van der Waals surface area (Å²) in [4.78, 5) is 0. The summed E-state index contributed by atoms with van der Waals surface area (Å²) in [6.07, 6.45) is 6.52. The Bertz CT molecular complexity index is 250. The first-order valence-corrected chi connectivity index (χ1v) is 6.32.